The van der Waals surface area contributed by atoms with Gasteiger partial charge in [-0.15, -0.1) is 0 Å². The first kappa shape index (κ1) is 15.0. The normalized spacial score (nSPS) is 10.2. The Morgan fingerprint density at radius 2 is 1.86 bits per heavy atom. The molecule has 2 aromatic rings. The van der Waals surface area contributed by atoms with Crippen molar-refractivity contribution in [2.24, 2.45) is 0 Å². The Kier molecular flexibility index (Phi) is 5.32. The fraction of sp³-hybridized carbons (Fsp3) is 0.235. The second-order valence-electron chi connectivity index (χ2n) is 4.79. The van der Waals surface area contributed by atoms with Gasteiger partial charge in [0, 0.05) is 24.3 Å². The van der Waals surface area contributed by atoms with Crippen LogP contribution in [0.25, 0.3) is 0 Å². The molecule has 0 aliphatic carbocycles. The highest BCUT2D eigenvalue weighted by molar-refractivity contribution is 5.90. The number of carbonyl (C=O) groups excluding carboxylic acids is 1. The summed E-state index contributed by atoms with van der Waals surface area (Å²) < 4.78 is 13.0. The van der Waals surface area contributed by atoms with Gasteiger partial charge in [0.15, 0.2) is 0 Å². The number of aryl methyl sites for hydroxylation is 1. The second kappa shape index (κ2) is 7.43. The first-order valence-corrected chi connectivity index (χ1v) is 7.05. The van der Waals surface area contributed by atoms with E-state index in [1.165, 1.54) is 17.7 Å². The summed E-state index contributed by atoms with van der Waals surface area (Å²) in [6, 6.07) is 14.0. The van der Waals surface area contributed by atoms with Gasteiger partial charge in [0.25, 0.3) is 0 Å². The van der Waals surface area contributed by atoms with E-state index in [9.17, 15) is 9.18 Å². The van der Waals surface area contributed by atoms with Crippen molar-refractivity contribution >= 4 is 17.3 Å². The van der Waals surface area contributed by atoms with Crippen LogP contribution in [0.5, 0.6) is 0 Å². The molecule has 110 valence electrons. The van der Waals surface area contributed by atoms with E-state index < -0.39 is 0 Å². The summed E-state index contributed by atoms with van der Waals surface area (Å²) in [7, 11) is 0. The molecule has 2 rings (SSSR count). The van der Waals surface area contributed by atoms with Gasteiger partial charge >= 0.3 is 0 Å². The van der Waals surface area contributed by atoms with E-state index in [1.54, 1.807) is 12.1 Å². The van der Waals surface area contributed by atoms with E-state index >= 15 is 0 Å². The number of rotatable bonds is 6. The minimum absolute atomic E-state index is 0.0665. The van der Waals surface area contributed by atoms with Crippen LogP contribution in [0, 0.1) is 5.82 Å². The number of halogens is 1. The molecule has 3 nitrogen and oxygen atoms in total. The van der Waals surface area contributed by atoms with E-state index in [-0.39, 0.29) is 11.7 Å². The van der Waals surface area contributed by atoms with Gasteiger partial charge in [-0.3, -0.25) is 4.79 Å². The van der Waals surface area contributed by atoms with E-state index in [4.69, 9.17) is 0 Å². The summed E-state index contributed by atoms with van der Waals surface area (Å²) in [5.41, 5.74) is 2.71. The van der Waals surface area contributed by atoms with E-state index in [2.05, 4.69) is 17.6 Å². The first-order valence-electron chi connectivity index (χ1n) is 7.05. The zero-order chi connectivity index (χ0) is 15.1. The van der Waals surface area contributed by atoms with Crippen molar-refractivity contribution in [1.29, 1.82) is 0 Å². The molecular weight excluding hydrogens is 267 g/mol. The molecule has 0 atom stereocenters. The van der Waals surface area contributed by atoms with Crippen molar-refractivity contribution in [2.45, 2.75) is 19.8 Å². The van der Waals surface area contributed by atoms with Crippen LogP contribution in [0.4, 0.5) is 15.8 Å². The van der Waals surface area contributed by atoms with Gasteiger partial charge in [0.05, 0.1) is 0 Å². The maximum Gasteiger partial charge on any atom is 0.226 e. The van der Waals surface area contributed by atoms with Crippen LogP contribution in [0.1, 0.15) is 18.9 Å². The third-order valence-corrected chi connectivity index (χ3v) is 3.15. The molecule has 21 heavy (non-hydrogen) atoms. The molecule has 4 heteroatoms. The molecular formula is C17H19FN2O. The van der Waals surface area contributed by atoms with Crippen LogP contribution in [-0.2, 0) is 11.2 Å². The number of amides is 1. The zero-order valence-corrected chi connectivity index (χ0v) is 12.0. The number of hydrogen-bond donors (Lipinski definition) is 2. The second-order valence-corrected chi connectivity index (χ2v) is 4.79. The predicted molar refractivity (Wildman–Crippen MR) is 84.0 cm³/mol. The Labute approximate surface area is 124 Å². The SMILES string of the molecule is CCc1ccc(NC(=O)CCNc2cccc(F)c2)cc1. The molecule has 0 fully saturated rings. The minimum atomic E-state index is -0.291. The molecule has 0 bridgehead atoms. The Bertz CT molecular complexity index is 596. The van der Waals surface area contributed by atoms with Crippen LogP contribution in [0.15, 0.2) is 48.5 Å². The van der Waals surface area contributed by atoms with Crippen LogP contribution in [-0.4, -0.2) is 12.5 Å². The lowest BCUT2D eigenvalue weighted by molar-refractivity contribution is -0.115. The van der Waals surface area contributed by atoms with Gasteiger partial charge in [0.1, 0.15) is 5.82 Å². The number of anilines is 2. The van der Waals surface area contributed by atoms with Crippen LogP contribution in [0.2, 0.25) is 0 Å². The fourth-order valence-corrected chi connectivity index (χ4v) is 1.97. The molecule has 0 aromatic heterocycles. The lowest BCUT2D eigenvalue weighted by Crippen LogP contribution is -2.16. The molecule has 0 heterocycles. The lowest BCUT2D eigenvalue weighted by atomic mass is 10.1. The van der Waals surface area contributed by atoms with Gasteiger partial charge < -0.3 is 10.6 Å². The number of hydrogen-bond acceptors (Lipinski definition) is 2. The number of nitrogens with one attached hydrogen (secondary N) is 2. The number of carbonyl (C=O) groups is 1. The fourth-order valence-electron chi connectivity index (χ4n) is 1.97. The summed E-state index contributed by atoms with van der Waals surface area (Å²) in [6.45, 7) is 2.55. The van der Waals surface area contributed by atoms with Crippen molar-refractivity contribution < 1.29 is 9.18 Å². The summed E-state index contributed by atoms with van der Waals surface area (Å²) in [4.78, 5) is 11.8. The molecule has 0 saturated heterocycles. The Morgan fingerprint density at radius 1 is 1.10 bits per heavy atom. The molecule has 0 aliphatic rings. The van der Waals surface area contributed by atoms with Crippen molar-refractivity contribution in [2.75, 3.05) is 17.2 Å². The van der Waals surface area contributed by atoms with E-state index in [0.29, 0.717) is 18.7 Å². The standard InChI is InChI=1S/C17H19FN2O/c1-2-13-6-8-15(9-7-13)20-17(21)10-11-19-16-5-3-4-14(18)12-16/h3-9,12,19H,2,10-11H2,1H3,(H,20,21). The van der Waals surface area contributed by atoms with E-state index in [0.717, 1.165) is 12.1 Å². The van der Waals surface area contributed by atoms with Crippen molar-refractivity contribution in [3.63, 3.8) is 0 Å². The van der Waals surface area contributed by atoms with Gasteiger partial charge in [-0.25, -0.2) is 4.39 Å². The van der Waals surface area contributed by atoms with Gasteiger partial charge in [-0.05, 0) is 42.3 Å². The molecule has 0 aliphatic heterocycles. The topological polar surface area (TPSA) is 41.1 Å². The average molecular weight is 286 g/mol. The summed E-state index contributed by atoms with van der Waals surface area (Å²) in [5.74, 6) is -0.358. The maximum absolute atomic E-state index is 13.0. The smallest absolute Gasteiger partial charge is 0.226 e. The van der Waals surface area contributed by atoms with Gasteiger partial charge in [0.2, 0.25) is 5.91 Å². The molecule has 2 N–H and O–H groups in total. The molecule has 0 radical (unpaired) electrons. The summed E-state index contributed by atoms with van der Waals surface area (Å²) in [6.07, 6.45) is 1.30. The molecule has 0 spiro atoms. The Morgan fingerprint density at radius 3 is 2.52 bits per heavy atom. The predicted octanol–water partition coefficient (Wildman–Crippen LogP) is 3.83. The van der Waals surface area contributed by atoms with Crippen molar-refractivity contribution in [3.8, 4) is 0 Å². The van der Waals surface area contributed by atoms with Crippen LogP contribution in [0.3, 0.4) is 0 Å². The summed E-state index contributed by atoms with van der Waals surface area (Å²) >= 11 is 0. The van der Waals surface area contributed by atoms with Crippen LogP contribution < -0.4 is 10.6 Å². The first-order chi connectivity index (χ1) is 10.2. The third kappa shape index (κ3) is 4.91. The van der Waals surface area contributed by atoms with Gasteiger partial charge in [-0.2, -0.15) is 0 Å². The van der Waals surface area contributed by atoms with Gasteiger partial charge in [-0.1, -0.05) is 25.1 Å². The molecule has 2 aromatic carbocycles. The average Bonchev–Trinajstić information content (AvgIpc) is 2.48. The molecule has 0 unspecified atom stereocenters. The highest BCUT2D eigenvalue weighted by Crippen LogP contribution is 2.11. The molecule has 0 saturated carbocycles. The van der Waals surface area contributed by atoms with Crippen molar-refractivity contribution in [1.82, 2.24) is 0 Å². The number of benzene rings is 2. The third-order valence-electron chi connectivity index (χ3n) is 3.15. The quantitative estimate of drug-likeness (QED) is 0.847. The monoisotopic (exact) mass is 286 g/mol. The van der Waals surface area contributed by atoms with Crippen LogP contribution >= 0.6 is 0 Å². The highest BCUT2D eigenvalue weighted by atomic mass is 19.1. The van der Waals surface area contributed by atoms with E-state index in [1.807, 2.05) is 24.3 Å². The molecule has 1 amide bonds. The zero-order valence-electron chi connectivity index (χ0n) is 12.0. The summed E-state index contributed by atoms with van der Waals surface area (Å²) in [5, 5.41) is 5.86. The minimum Gasteiger partial charge on any atom is -0.384 e. The maximum atomic E-state index is 13.0. The highest BCUT2D eigenvalue weighted by Gasteiger charge is 2.02. The lowest BCUT2D eigenvalue weighted by Gasteiger charge is -2.08. The Hall–Kier alpha value is -2.36. The Balaban J connectivity index is 1.76. The van der Waals surface area contributed by atoms with Crippen molar-refractivity contribution in [3.05, 3.63) is 59.9 Å². The largest absolute Gasteiger partial charge is 0.384 e.